The highest BCUT2D eigenvalue weighted by Crippen LogP contribution is 2.25. The van der Waals surface area contributed by atoms with E-state index in [2.05, 4.69) is 10.5 Å². The molecule has 4 nitrogen and oxygen atoms in total. The molecule has 2 aromatic carbocycles. The molecule has 0 bridgehead atoms. The number of nitrogens with one attached hydrogen (secondary N) is 1. The molecule has 4 rings (SSSR count). The Morgan fingerprint density at radius 1 is 1.11 bits per heavy atom. The van der Waals surface area contributed by atoms with Crippen LogP contribution in [0.25, 0.3) is 22.2 Å². The van der Waals surface area contributed by atoms with Crippen LogP contribution >= 0.6 is 11.3 Å². The minimum absolute atomic E-state index is 0.256. The van der Waals surface area contributed by atoms with E-state index >= 15 is 0 Å². The molecule has 0 aliphatic heterocycles. The lowest BCUT2D eigenvalue weighted by Gasteiger charge is -2.09. The highest BCUT2D eigenvalue weighted by Gasteiger charge is 2.13. The van der Waals surface area contributed by atoms with Crippen LogP contribution in [0.5, 0.6) is 0 Å². The highest BCUT2D eigenvalue weighted by molar-refractivity contribution is 7.08. The fourth-order valence-corrected chi connectivity index (χ4v) is 3.42. The summed E-state index contributed by atoms with van der Waals surface area (Å²) in [7, 11) is 0. The number of carbonyl (C=O) groups is 1. The SMILES string of the molecule is Cc1ccc(-c2cc(C(=O)N/N=C\c3ccsc3)c3ccccc3n2)cc1. The summed E-state index contributed by atoms with van der Waals surface area (Å²) in [6.07, 6.45) is 1.64. The number of thiophene rings is 1. The van der Waals surface area contributed by atoms with Crippen LogP contribution in [0.2, 0.25) is 0 Å². The third-order valence-electron chi connectivity index (χ3n) is 4.23. The molecule has 132 valence electrons. The molecular formula is C22H17N3OS. The summed E-state index contributed by atoms with van der Waals surface area (Å²) in [5.74, 6) is -0.256. The van der Waals surface area contributed by atoms with Gasteiger partial charge in [-0.25, -0.2) is 10.4 Å². The van der Waals surface area contributed by atoms with Gasteiger partial charge in [-0.1, -0.05) is 48.0 Å². The largest absolute Gasteiger partial charge is 0.272 e. The number of nitrogens with zero attached hydrogens (tertiary/aromatic N) is 2. The second-order valence-electron chi connectivity index (χ2n) is 6.19. The van der Waals surface area contributed by atoms with Crippen molar-refractivity contribution >= 4 is 34.4 Å². The van der Waals surface area contributed by atoms with Gasteiger partial charge >= 0.3 is 0 Å². The Hall–Kier alpha value is -3.31. The Balaban J connectivity index is 1.71. The van der Waals surface area contributed by atoms with Crippen LogP contribution < -0.4 is 5.43 Å². The van der Waals surface area contributed by atoms with E-state index in [4.69, 9.17) is 4.98 Å². The van der Waals surface area contributed by atoms with Crippen LogP contribution in [0.4, 0.5) is 0 Å². The Kier molecular flexibility index (Phi) is 4.77. The molecule has 5 heteroatoms. The molecule has 0 aliphatic carbocycles. The number of rotatable bonds is 4. The lowest BCUT2D eigenvalue weighted by Crippen LogP contribution is -2.18. The van der Waals surface area contributed by atoms with Crippen molar-refractivity contribution in [3.8, 4) is 11.3 Å². The lowest BCUT2D eigenvalue weighted by atomic mass is 10.0. The summed E-state index contributed by atoms with van der Waals surface area (Å²) in [5, 5.41) is 8.81. The van der Waals surface area contributed by atoms with Crippen LogP contribution in [0.1, 0.15) is 21.5 Å². The molecule has 4 aromatic rings. The van der Waals surface area contributed by atoms with E-state index in [1.54, 1.807) is 17.6 Å². The molecule has 0 saturated heterocycles. The molecule has 0 unspecified atom stereocenters. The smallest absolute Gasteiger partial charge is 0.267 e. The van der Waals surface area contributed by atoms with Crippen LogP contribution in [0, 0.1) is 6.92 Å². The molecule has 1 N–H and O–H groups in total. The standard InChI is InChI=1S/C22H17N3OS/c1-15-6-8-17(9-7-15)21-12-19(18-4-2-3-5-20(18)24-21)22(26)25-23-13-16-10-11-27-14-16/h2-14H,1H3,(H,25,26)/b23-13-. The molecule has 1 amide bonds. The van der Waals surface area contributed by atoms with Crippen molar-refractivity contribution in [2.45, 2.75) is 6.92 Å². The van der Waals surface area contributed by atoms with Gasteiger partial charge in [0.15, 0.2) is 0 Å². The summed E-state index contributed by atoms with van der Waals surface area (Å²) in [6, 6.07) is 19.5. The first-order chi connectivity index (χ1) is 13.2. The zero-order valence-corrected chi connectivity index (χ0v) is 15.5. The molecule has 0 aliphatic rings. The number of para-hydroxylation sites is 1. The number of pyridine rings is 1. The van der Waals surface area contributed by atoms with Gasteiger partial charge in [-0.15, -0.1) is 0 Å². The molecular weight excluding hydrogens is 354 g/mol. The molecule has 2 heterocycles. The molecule has 0 spiro atoms. The van der Waals surface area contributed by atoms with Gasteiger partial charge in [0.25, 0.3) is 5.91 Å². The van der Waals surface area contributed by atoms with Crippen LogP contribution in [0.3, 0.4) is 0 Å². The van der Waals surface area contributed by atoms with Gasteiger partial charge in [0.2, 0.25) is 0 Å². The van der Waals surface area contributed by atoms with Crippen molar-refractivity contribution in [2.24, 2.45) is 5.10 Å². The molecule has 0 atom stereocenters. The second-order valence-corrected chi connectivity index (χ2v) is 6.97. The first-order valence-corrected chi connectivity index (χ1v) is 9.47. The van der Waals surface area contributed by atoms with Crippen LogP contribution in [-0.4, -0.2) is 17.1 Å². The Morgan fingerprint density at radius 3 is 2.70 bits per heavy atom. The minimum Gasteiger partial charge on any atom is -0.267 e. The van der Waals surface area contributed by atoms with Crippen LogP contribution in [0.15, 0.2) is 76.5 Å². The quantitative estimate of drug-likeness (QED) is 0.404. The predicted octanol–water partition coefficient (Wildman–Crippen LogP) is 5.04. The first kappa shape index (κ1) is 17.1. The number of carbonyl (C=O) groups excluding carboxylic acids is 1. The average molecular weight is 371 g/mol. The van der Waals surface area contributed by atoms with Gasteiger partial charge in [0.1, 0.15) is 0 Å². The van der Waals surface area contributed by atoms with E-state index in [9.17, 15) is 4.79 Å². The third-order valence-corrected chi connectivity index (χ3v) is 4.93. The molecule has 2 aromatic heterocycles. The average Bonchev–Trinajstić information content (AvgIpc) is 3.21. The molecule has 0 radical (unpaired) electrons. The normalized spacial score (nSPS) is 11.1. The zero-order valence-electron chi connectivity index (χ0n) is 14.7. The summed E-state index contributed by atoms with van der Waals surface area (Å²) in [6.45, 7) is 2.04. The van der Waals surface area contributed by atoms with Gasteiger partial charge < -0.3 is 0 Å². The summed E-state index contributed by atoms with van der Waals surface area (Å²) in [5.41, 5.74) is 7.84. The van der Waals surface area contributed by atoms with E-state index in [1.807, 2.05) is 78.3 Å². The maximum absolute atomic E-state index is 12.8. The van der Waals surface area contributed by atoms with Gasteiger partial charge in [-0.05, 0) is 35.9 Å². The topological polar surface area (TPSA) is 54.4 Å². The van der Waals surface area contributed by atoms with Gasteiger partial charge in [-0.2, -0.15) is 16.4 Å². The van der Waals surface area contributed by atoms with Crippen LogP contribution in [-0.2, 0) is 0 Å². The summed E-state index contributed by atoms with van der Waals surface area (Å²) in [4.78, 5) is 17.5. The van der Waals surface area contributed by atoms with Crippen molar-refractivity contribution in [3.05, 3.63) is 88.1 Å². The van der Waals surface area contributed by atoms with E-state index in [0.717, 1.165) is 27.7 Å². The maximum Gasteiger partial charge on any atom is 0.272 e. The van der Waals surface area contributed by atoms with E-state index in [-0.39, 0.29) is 5.91 Å². The number of amides is 1. The zero-order chi connectivity index (χ0) is 18.6. The molecule has 0 fully saturated rings. The second kappa shape index (κ2) is 7.51. The third kappa shape index (κ3) is 3.78. The Labute approximate surface area is 161 Å². The van der Waals surface area contributed by atoms with Gasteiger partial charge in [0.05, 0.1) is 23.0 Å². The fraction of sp³-hybridized carbons (Fsp3) is 0.0455. The van der Waals surface area contributed by atoms with Gasteiger partial charge in [-0.3, -0.25) is 4.79 Å². The number of fused-ring (bicyclic) bond motifs is 1. The highest BCUT2D eigenvalue weighted by atomic mass is 32.1. The number of hydrogen-bond donors (Lipinski definition) is 1. The predicted molar refractivity (Wildman–Crippen MR) is 111 cm³/mol. The summed E-state index contributed by atoms with van der Waals surface area (Å²) < 4.78 is 0. The van der Waals surface area contributed by atoms with E-state index in [1.165, 1.54) is 5.56 Å². The fourth-order valence-electron chi connectivity index (χ4n) is 2.81. The number of benzene rings is 2. The van der Waals surface area contributed by atoms with Crippen molar-refractivity contribution in [1.82, 2.24) is 10.4 Å². The number of aryl methyl sites for hydroxylation is 1. The Morgan fingerprint density at radius 2 is 1.93 bits per heavy atom. The monoisotopic (exact) mass is 371 g/mol. The first-order valence-electron chi connectivity index (χ1n) is 8.53. The lowest BCUT2D eigenvalue weighted by molar-refractivity contribution is 0.0957. The number of hydrazone groups is 1. The van der Waals surface area contributed by atoms with Crippen molar-refractivity contribution in [1.29, 1.82) is 0 Å². The van der Waals surface area contributed by atoms with Crippen molar-refractivity contribution in [2.75, 3.05) is 0 Å². The number of aromatic nitrogens is 1. The minimum atomic E-state index is -0.256. The maximum atomic E-state index is 12.8. The van der Waals surface area contributed by atoms with Gasteiger partial charge in [0, 0.05) is 16.5 Å². The number of hydrogen-bond acceptors (Lipinski definition) is 4. The van der Waals surface area contributed by atoms with Crippen molar-refractivity contribution in [3.63, 3.8) is 0 Å². The Bertz CT molecular complexity index is 1120. The summed E-state index contributed by atoms with van der Waals surface area (Å²) >= 11 is 1.58. The van der Waals surface area contributed by atoms with E-state index in [0.29, 0.717) is 5.56 Å². The van der Waals surface area contributed by atoms with E-state index < -0.39 is 0 Å². The molecule has 27 heavy (non-hydrogen) atoms. The molecule has 0 saturated carbocycles. The van der Waals surface area contributed by atoms with Crippen molar-refractivity contribution < 1.29 is 4.79 Å².